The van der Waals surface area contributed by atoms with E-state index in [0.29, 0.717) is 35.6 Å². The molecule has 200 valence electrons. The van der Waals surface area contributed by atoms with Gasteiger partial charge in [0, 0.05) is 43.3 Å². The van der Waals surface area contributed by atoms with Gasteiger partial charge in [0.1, 0.15) is 6.17 Å². The Balaban J connectivity index is 1.55. The van der Waals surface area contributed by atoms with Crippen LogP contribution in [-0.2, 0) is 11.2 Å². The summed E-state index contributed by atoms with van der Waals surface area (Å²) < 4.78 is 11.0. The Morgan fingerprint density at radius 2 is 1.51 bits per heavy atom. The van der Waals surface area contributed by atoms with E-state index in [2.05, 4.69) is 10.0 Å². The van der Waals surface area contributed by atoms with Gasteiger partial charge in [-0.3, -0.25) is 29.9 Å². The molecule has 0 bridgehead atoms. The third-order valence-electron chi connectivity index (χ3n) is 7.05. The predicted octanol–water partition coefficient (Wildman–Crippen LogP) is 4.38. The molecule has 3 aromatic rings. The zero-order chi connectivity index (χ0) is 27.7. The van der Waals surface area contributed by atoms with E-state index in [9.17, 15) is 25.0 Å². The maximum absolute atomic E-state index is 13.6. The lowest BCUT2D eigenvalue weighted by Crippen LogP contribution is -2.52. The molecule has 2 heterocycles. The van der Waals surface area contributed by atoms with Crippen LogP contribution in [-0.4, -0.2) is 52.6 Å². The summed E-state index contributed by atoms with van der Waals surface area (Å²) in [7, 11) is 3.14. The van der Waals surface area contributed by atoms with Crippen molar-refractivity contribution in [3.05, 3.63) is 103 Å². The van der Waals surface area contributed by atoms with E-state index in [1.54, 1.807) is 38.5 Å². The Morgan fingerprint density at radius 3 is 2.10 bits per heavy atom. The van der Waals surface area contributed by atoms with Crippen molar-refractivity contribution < 1.29 is 24.1 Å². The van der Waals surface area contributed by atoms with Gasteiger partial charge in [-0.25, -0.2) is 5.01 Å². The number of nitrogens with zero attached hydrogens (tertiary/aromatic N) is 5. The summed E-state index contributed by atoms with van der Waals surface area (Å²) in [5.41, 5.74) is 3.17. The highest BCUT2D eigenvalue weighted by Gasteiger charge is 2.44. The Morgan fingerprint density at radius 1 is 0.923 bits per heavy atom. The molecule has 0 N–H and O–H groups in total. The van der Waals surface area contributed by atoms with E-state index in [1.165, 1.54) is 35.5 Å². The second-order valence-electron chi connectivity index (χ2n) is 9.17. The standard InChI is InChI=1S/C27H25N5O7/c1-38-24-13-19-11-12-29-23(22(19)14-25(24)39-2)15-26(33)30(27(29)18-5-9-21(10-6-18)32(36)37)28-16-17-3-7-20(8-4-17)31(34)35/h3-10,13-14,16,23,27H,11-12,15H2,1-2H3/t23-,27-/m1/s1. The largest absolute Gasteiger partial charge is 0.493 e. The van der Waals surface area contributed by atoms with Gasteiger partial charge in [-0.05, 0) is 65.1 Å². The number of nitro groups is 2. The molecule has 0 saturated carbocycles. The number of nitro benzene ring substituents is 2. The Labute approximate surface area is 223 Å². The van der Waals surface area contributed by atoms with Crippen molar-refractivity contribution in [3.63, 3.8) is 0 Å². The van der Waals surface area contributed by atoms with Crippen LogP contribution in [0.5, 0.6) is 11.5 Å². The summed E-state index contributed by atoms with van der Waals surface area (Å²) in [6, 6.07) is 15.5. The Bertz CT molecular complexity index is 1460. The average molecular weight is 532 g/mol. The summed E-state index contributed by atoms with van der Waals surface area (Å²) in [6.45, 7) is 0.603. The number of hydrogen-bond acceptors (Lipinski definition) is 9. The van der Waals surface area contributed by atoms with Gasteiger partial charge in [0.05, 0.1) is 30.3 Å². The molecule has 3 aromatic carbocycles. The number of fused-ring (bicyclic) bond motifs is 3. The highest BCUT2D eigenvalue weighted by Crippen LogP contribution is 2.46. The first kappa shape index (κ1) is 25.8. The second kappa shape index (κ2) is 10.5. The minimum atomic E-state index is -0.632. The van der Waals surface area contributed by atoms with Crippen molar-refractivity contribution in [2.75, 3.05) is 20.8 Å². The van der Waals surface area contributed by atoms with Crippen LogP contribution in [0.2, 0.25) is 0 Å². The minimum absolute atomic E-state index is 0.0492. The molecule has 39 heavy (non-hydrogen) atoms. The monoisotopic (exact) mass is 531 g/mol. The molecule has 2 atom stereocenters. The topological polar surface area (TPSA) is 141 Å². The number of methoxy groups -OCH3 is 2. The van der Waals surface area contributed by atoms with E-state index < -0.39 is 16.0 Å². The van der Waals surface area contributed by atoms with Crippen LogP contribution < -0.4 is 9.47 Å². The summed E-state index contributed by atoms with van der Waals surface area (Å²) in [4.78, 5) is 37.0. The number of non-ortho nitro benzene ring substituents is 2. The van der Waals surface area contributed by atoms with Gasteiger partial charge in [-0.2, -0.15) is 5.10 Å². The van der Waals surface area contributed by atoms with Gasteiger partial charge >= 0.3 is 0 Å². The number of ether oxygens (including phenoxy) is 2. The van der Waals surface area contributed by atoms with Crippen LogP contribution in [0.15, 0.2) is 65.8 Å². The van der Waals surface area contributed by atoms with Gasteiger partial charge in [0.15, 0.2) is 11.5 Å². The predicted molar refractivity (Wildman–Crippen MR) is 141 cm³/mol. The number of amides is 1. The van der Waals surface area contributed by atoms with Crippen LogP contribution >= 0.6 is 0 Å². The molecule has 1 saturated heterocycles. The maximum Gasteiger partial charge on any atom is 0.269 e. The molecule has 0 aliphatic carbocycles. The van der Waals surface area contributed by atoms with Gasteiger partial charge in [0.2, 0.25) is 5.91 Å². The van der Waals surface area contributed by atoms with Gasteiger partial charge in [0.25, 0.3) is 11.4 Å². The zero-order valence-electron chi connectivity index (χ0n) is 21.2. The molecule has 1 fully saturated rings. The second-order valence-corrected chi connectivity index (χ2v) is 9.17. The smallest absolute Gasteiger partial charge is 0.269 e. The molecular formula is C27H25N5O7. The first-order chi connectivity index (χ1) is 18.8. The highest BCUT2D eigenvalue weighted by atomic mass is 16.6. The third kappa shape index (κ3) is 4.89. The molecule has 2 aliphatic rings. The molecule has 1 amide bonds. The van der Waals surface area contributed by atoms with Crippen molar-refractivity contribution in [2.45, 2.75) is 25.0 Å². The summed E-state index contributed by atoms with van der Waals surface area (Å²) >= 11 is 0. The van der Waals surface area contributed by atoms with Crippen LogP contribution in [0.3, 0.4) is 0 Å². The molecular weight excluding hydrogens is 506 g/mol. The SMILES string of the molecule is COc1cc2c(cc1OC)[C@H]1CC(=O)N(N=Cc3ccc([N+](=O)[O-])cc3)[C@H](c3ccc([N+](=O)[O-])cc3)N1CC2. The first-order valence-electron chi connectivity index (χ1n) is 12.2. The van der Waals surface area contributed by atoms with Crippen molar-refractivity contribution in [3.8, 4) is 11.5 Å². The van der Waals surface area contributed by atoms with E-state index in [4.69, 9.17) is 9.47 Å². The number of carbonyl (C=O) groups excluding carboxylic acids is 1. The normalized spacial score (nSPS) is 18.9. The first-order valence-corrected chi connectivity index (χ1v) is 12.2. The highest BCUT2D eigenvalue weighted by molar-refractivity contribution is 5.84. The van der Waals surface area contributed by atoms with Crippen LogP contribution in [0.4, 0.5) is 11.4 Å². The molecule has 2 aliphatic heterocycles. The van der Waals surface area contributed by atoms with E-state index in [-0.39, 0.29) is 29.7 Å². The molecule has 0 radical (unpaired) electrons. The molecule has 0 unspecified atom stereocenters. The lowest BCUT2D eigenvalue weighted by atomic mass is 9.87. The Kier molecular flexibility index (Phi) is 6.94. The van der Waals surface area contributed by atoms with Crippen molar-refractivity contribution in [2.24, 2.45) is 5.10 Å². The average Bonchev–Trinajstić information content (AvgIpc) is 2.95. The van der Waals surface area contributed by atoms with Gasteiger partial charge in [-0.15, -0.1) is 0 Å². The summed E-state index contributed by atoms with van der Waals surface area (Å²) in [6.07, 6.45) is 1.69. The fourth-order valence-electron chi connectivity index (χ4n) is 5.14. The molecule has 0 aromatic heterocycles. The van der Waals surface area contributed by atoms with Crippen LogP contribution in [0, 0.1) is 20.2 Å². The van der Waals surface area contributed by atoms with Gasteiger partial charge in [-0.1, -0.05) is 0 Å². The Hall–Kier alpha value is -4.84. The van der Waals surface area contributed by atoms with E-state index in [0.717, 1.165) is 11.1 Å². The minimum Gasteiger partial charge on any atom is -0.493 e. The fourth-order valence-corrected chi connectivity index (χ4v) is 5.14. The van der Waals surface area contributed by atoms with Crippen LogP contribution in [0.25, 0.3) is 0 Å². The number of hydrazone groups is 1. The quantitative estimate of drug-likeness (QED) is 0.248. The lowest BCUT2D eigenvalue weighted by molar-refractivity contribution is -0.385. The van der Waals surface area contributed by atoms with Crippen molar-refractivity contribution in [1.29, 1.82) is 0 Å². The maximum atomic E-state index is 13.6. The third-order valence-corrected chi connectivity index (χ3v) is 7.05. The summed E-state index contributed by atoms with van der Waals surface area (Å²) in [5, 5.41) is 28.1. The molecule has 12 heteroatoms. The summed E-state index contributed by atoms with van der Waals surface area (Å²) in [5.74, 6) is 0.949. The van der Waals surface area contributed by atoms with E-state index >= 15 is 0 Å². The van der Waals surface area contributed by atoms with Crippen LogP contribution in [0.1, 0.15) is 40.9 Å². The molecule has 0 spiro atoms. The molecule has 5 rings (SSSR count). The number of rotatable bonds is 7. The molecule has 12 nitrogen and oxygen atoms in total. The lowest BCUT2D eigenvalue weighted by Gasteiger charge is -2.48. The van der Waals surface area contributed by atoms with Crippen molar-refractivity contribution in [1.82, 2.24) is 9.91 Å². The van der Waals surface area contributed by atoms with E-state index in [1.807, 2.05) is 12.1 Å². The number of benzene rings is 3. The van der Waals surface area contributed by atoms with Crippen molar-refractivity contribution >= 4 is 23.5 Å². The zero-order valence-corrected chi connectivity index (χ0v) is 21.2. The number of hydrogen-bond donors (Lipinski definition) is 0. The number of carbonyl (C=O) groups is 1. The fraction of sp³-hybridized carbons (Fsp3) is 0.259. The van der Waals surface area contributed by atoms with Gasteiger partial charge < -0.3 is 9.47 Å².